The molecule has 0 radical (unpaired) electrons. The SMILES string of the molecule is CCOC(=O)C(=CN=c1nc2c(C)cccc2c2[nH]c3cccc4cccc(c43)n12)C(=O)OCC. The number of nitrogens with one attached hydrogen (secondary N) is 1. The molecule has 8 heteroatoms. The summed E-state index contributed by atoms with van der Waals surface area (Å²) in [6, 6.07) is 18.1. The number of hydrogen-bond donors (Lipinski definition) is 1. The van der Waals surface area contributed by atoms with Gasteiger partial charge in [-0.15, -0.1) is 0 Å². The molecule has 5 rings (SSSR count). The van der Waals surface area contributed by atoms with Crippen LogP contribution < -0.4 is 5.62 Å². The highest BCUT2D eigenvalue weighted by Gasteiger charge is 2.21. The summed E-state index contributed by atoms with van der Waals surface area (Å²) in [7, 11) is 0. The van der Waals surface area contributed by atoms with Crippen LogP contribution in [0.2, 0.25) is 0 Å². The number of carbonyl (C=O) groups excluding carboxylic acids is 2. The second kappa shape index (κ2) is 9.06. The molecule has 3 aromatic carbocycles. The van der Waals surface area contributed by atoms with Gasteiger partial charge in [0.15, 0.2) is 5.57 Å². The van der Waals surface area contributed by atoms with Gasteiger partial charge in [-0.2, -0.15) is 0 Å². The van der Waals surface area contributed by atoms with E-state index in [4.69, 9.17) is 14.5 Å². The predicted octanol–water partition coefficient (Wildman–Crippen LogP) is 4.34. The minimum atomic E-state index is -0.795. The number of fused-ring (bicyclic) bond motifs is 4. The molecule has 0 spiro atoms. The van der Waals surface area contributed by atoms with Crippen LogP contribution in [0.1, 0.15) is 19.4 Å². The molecule has 35 heavy (non-hydrogen) atoms. The summed E-state index contributed by atoms with van der Waals surface area (Å²) < 4.78 is 12.0. The third-order valence-electron chi connectivity index (χ3n) is 5.80. The summed E-state index contributed by atoms with van der Waals surface area (Å²) in [6.07, 6.45) is 1.18. The van der Waals surface area contributed by atoms with E-state index >= 15 is 0 Å². The maximum Gasteiger partial charge on any atom is 0.347 e. The van der Waals surface area contributed by atoms with Crippen LogP contribution in [0.4, 0.5) is 0 Å². The van der Waals surface area contributed by atoms with Crippen molar-refractivity contribution in [1.82, 2.24) is 14.4 Å². The van der Waals surface area contributed by atoms with Crippen LogP contribution in [0, 0.1) is 6.92 Å². The van der Waals surface area contributed by atoms with Gasteiger partial charge in [0.25, 0.3) is 0 Å². The lowest BCUT2D eigenvalue weighted by Gasteiger charge is -2.14. The first-order valence-electron chi connectivity index (χ1n) is 11.4. The molecular weight excluding hydrogens is 444 g/mol. The number of nitrogens with zero attached hydrogens (tertiary/aromatic N) is 3. The number of carbonyl (C=O) groups is 2. The van der Waals surface area contributed by atoms with Crippen LogP contribution in [0.3, 0.4) is 0 Å². The zero-order valence-corrected chi connectivity index (χ0v) is 19.7. The molecule has 0 saturated carbocycles. The van der Waals surface area contributed by atoms with Crippen molar-refractivity contribution in [1.29, 1.82) is 0 Å². The molecule has 0 saturated heterocycles. The number of ether oxygens (including phenoxy) is 2. The van der Waals surface area contributed by atoms with Crippen molar-refractivity contribution in [2.45, 2.75) is 20.8 Å². The molecule has 0 atom stereocenters. The smallest absolute Gasteiger partial charge is 0.347 e. The first kappa shape index (κ1) is 22.3. The number of esters is 2. The van der Waals surface area contributed by atoms with E-state index in [1.54, 1.807) is 13.8 Å². The van der Waals surface area contributed by atoms with E-state index in [-0.39, 0.29) is 18.8 Å². The highest BCUT2D eigenvalue weighted by atomic mass is 16.6. The maximum absolute atomic E-state index is 12.5. The third kappa shape index (κ3) is 3.82. The number of aromatic amines is 1. The Balaban J connectivity index is 1.93. The zero-order valence-electron chi connectivity index (χ0n) is 19.7. The number of benzene rings is 3. The molecule has 0 aliphatic heterocycles. The molecule has 0 fully saturated rings. The van der Waals surface area contributed by atoms with E-state index in [0.717, 1.165) is 43.9 Å². The summed E-state index contributed by atoms with van der Waals surface area (Å²) in [6.45, 7) is 5.56. The third-order valence-corrected chi connectivity index (χ3v) is 5.80. The van der Waals surface area contributed by atoms with Gasteiger partial charge in [0.1, 0.15) is 5.65 Å². The summed E-state index contributed by atoms with van der Waals surface area (Å²) in [5.41, 5.74) is 4.42. The van der Waals surface area contributed by atoms with Crippen molar-refractivity contribution < 1.29 is 19.1 Å². The number of aromatic nitrogens is 3. The fraction of sp³-hybridized carbons (Fsp3) is 0.185. The molecule has 0 bridgehead atoms. The zero-order chi connectivity index (χ0) is 24.5. The Hall–Kier alpha value is -4.46. The lowest BCUT2D eigenvalue weighted by atomic mass is 10.1. The summed E-state index contributed by atoms with van der Waals surface area (Å²) in [5.74, 6) is -1.59. The van der Waals surface area contributed by atoms with Crippen LogP contribution in [-0.4, -0.2) is 39.5 Å². The Morgan fingerprint density at radius 2 is 1.69 bits per heavy atom. The fourth-order valence-corrected chi connectivity index (χ4v) is 4.27. The Morgan fingerprint density at radius 1 is 1.00 bits per heavy atom. The molecule has 8 nitrogen and oxygen atoms in total. The van der Waals surface area contributed by atoms with Gasteiger partial charge >= 0.3 is 11.9 Å². The van der Waals surface area contributed by atoms with Gasteiger partial charge in [-0.05, 0) is 49.9 Å². The molecule has 1 N–H and O–H groups in total. The minimum absolute atomic E-state index is 0.121. The number of aryl methyl sites for hydroxylation is 1. The van der Waals surface area contributed by atoms with Crippen LogP contribution in [0.25, 0.3) is 38.4 Å². The second-order valence-electron chi connectivity index (χ2n) is 7.99. The van der Waals surface area contributed by atoms with E-state index in [9.17, 15) is 9.59 Å². The molecular formula is C27H24N4O4. The quantitative estimate of drug-likeness (QED) is 0.103. The van der Waals surface area contributed by atoms with Gasteiger partial charge in [-0.3, -0.25) is 4.40 Å². The Kier molecular flexibility index (Phi) is 5.78. The maximum atomic E-state index is 12.5. The van der Waals surface area contributed by atoms with Gasteiger partial charge in [-0.1, -0.05) is 36.4 Å². The Morgan fingerprint density at radius 3 is 2.40 bits per heavy atom. The Labute approximate surface area is 200 Å². The number of rotatable bonds is 5. The number of para-hydroxylation sites is 1. The molecule has 2 aromatic heterocycles. The lowest BCUT2D eigenvalue weighted by Crippen LogP contribution is -2.22. The van der Waals surface area contributed by atoms with E-state index in [0.29, 0.717) is 5.62 Å². The molecule has 2 heterocycles. The van der Waals surface area contributed by atoms with E-state index < -0.39 is 11.9 Å². The van der Waals surface area contributed by atoms with Gasteiger partial charge in [0.2, 0.25) is 5.62 Å². The van der Waals surface area contributed by atoms with Crippen LogP contribution in [-0.2, 0) is 19.1 Å². The van der Waals surface area contributed by atoms with Crippen molar-refractivity contribution in [3.63, 3.8) is 0 Å². The van der Waals surface area contributed by atoms with Crippen LogP contribution in [0.15, 0.2) is 71.4 Å². The molecule has 0 amide bonds. The van der Waals surface area contributed by atoms with Crippen molar-refractivity contribution >= 4 is 50.3 Å². The molecule has 0 aliphatic carbocycles. The summed E-state index contributed by atoms with van der Waals surface area (Å²) >= 11 is 0. The normalized spacial score (nSPS) is 11.9. The van der Waals surface area contributed by atoms with Crippen molar-refractivity contribution in [2.24, 2.45) is 4.99 Å². The number of hydrogen-bond acceptors (Lipinski definition) is 6. The molecule has 5 aromatic rings. The average molecular weight is 469 g/mol. The van der Waals surface area contributed by atoms with Crippen molar-refractivity contribution in [2.75, 3.05) is 13.2 Å². The molecule has 176 valence electrons. The number of H-pyrrole nitrogens is 1. The van der Waals surface area contributed by atoms with Gasteiger partial charge in [0.05, 0.1) is 30.4 Å². The minimum Gasteiger partial charge on any atom is -0.462 e. The van der Waals surface area contributed by atoms with Gasteiger partial charge in [0, 0.05) is 16.3 Å². The van der Waals surface area contributed by atoms with Crippen LogP contribution >= 0.6 is 0 Å². The highest BCUT2D eigenvalue weighted by Crippen LogP contribution is 2.28. The second-order valence-corrected chi connectivity index (χ2v) is 7.99. The first-order valence-corrected chi connectivity index (χ1v) is 11.4. The Bertz CT molecular complexity index is 1700. The highest BCUT2D eigenvalue weighted by molar-refractivity contribution is 6.14. The van der Waals surface area contributed by atoms with Gasteiger partial charge in [-0.25, -0.2) is 19.6 Å². The largest absolute Gasteiger partial charge is 0.462 e. The fourth-order valence-electron chi connectivity index (χ4n) is 4.27. The lowest BCUT2D eigenvalue weighted by molar-refractivity contribution is -0.146. The van der Waals surface area contributed by atoms with E-state index in [1.165, 1.54) is 6.20 Å². The molecule has 0 unspecified atom stereocenters. The van der Waals surface area contributed by atoms with E-state index in [2.05, 4.69) is 9.98 Å². The topological polar surface area (TPSA) is 98.0 Å². The summed E-state index contributed by atoms with van der Waals surface area (Å²) in [5, 5.41) is 3.02. The van der Waals surface area contributed by atoms with Gasteiger partial charge < -0.3 is 14.5 Å². The predicted molar refractivity (Wildman–Crippen MR) is 134 cm³/mol. The standard InChI is InChI=1S/C27H24N4O4/c1-4-34-25(32)19(26(33)35-5-2)15-28-27-30-23-16(3)9-6-12-18(23)24-29-20-13-7-10-17-11-8-14-21(22(17)20)31(24)27/h6-15,29H,4-5H2,1-3H3. The van der Waals surface area contributed by atoms with Crippen LogP contribution in [0.5, 0.6) is 0 Å². The van der Waals surface area contributed by atoms with E-state index in [1.807, 2.05) is 65.9 Å². The first-order chi connectivity index (χ1) is 17.0. The van der Waals surface area contributed by atoms with Crippen molar-refractivity contribution in [3.05, 3.63) is 77.6 Å². The average Bonchev–Trinajstić information content (AvgIpc) is 2.85. The monoisotopic (exact) mass is 468 g/mol. The molecule has 0 aliphatic rings. The summed E-state index contributed by atoms with van der Waals surface area (Å²) in [4.78, 5) is 37.8. The van der Waals surface area contributed by atoms with Crippen molar-refractivity contribution in [3.8, 4) is 0 Å².